The summed E-state index contributed by atoms with van der Waals surface area (Å²) >= 11 is 0. The topological polar surface area (TPSA) is 39.1 Å². The maximum atomic E-state index is 5.29. The molecule has 4 nitrogen and oxygen atoms in total. The van der Waals surface area contributed by atoms with Crippen molar-refractivity contribution in [3.63, 3.8) is 0 Å². The van der Waals surface area contributed by atoms with Crippen molar-refractivity contribution < 1.29 is 4.74 Å². The van der Waals surface area contributed by atoms with E-state index in [4.69, 9.17) is 4.74 Å². The van der Waals surface area contributed by atoms with Gasteiger partial charge in [-0.3, -0.25) is 4.68 Å². The Morgan fingerprint density at radius 2 is 1.56 bits per heavy atom. The molecule has 0 radical (unpaired) electrons. The molecule has 4 rings (SSSR count). The van der Waals surface area contributed by atoms with Gasteiger partial charge in [-0.15, -0.1) is 0 Å². The zero-order valence-corrected chi connectivity index (χ0v) is 15.4. The predicted molar refractivity (Wildman–Crippen MR) is 109 cm³/mol. The molecule has 4 aromatic rings. The Kier molecular flexibility index (Phi) is 5.17. The fourth-order valence-corrected chi connectivity index (χ4v) is 3.20. The van der Waals surface area contributed by atoms with Gasteiger partial charge in [0.2, 0.25) is 0 Å². The van der Waals surface area contributed by atoms with E-state index in [0.29, 0.717) is 0 Å². The van der Waals surface area contributed by atoms with Crippen LogP contribution in [-0.2, 0) is 19.6 Å². The minimum absolute atomic E-state index is 0.808. The van der Waals surface area contributed by atoms with E-state index in [-0.39, 0.29) is 0 Å². The van der Waals surface area contributed by atoms with Crippen LogP contribution in [0, 0.1) is 0 Å². The van der Waals surface area contributed by atoms with Crippen LogP contribution in [0.4, 0.5) is 0 Å². The van der Waals surface area contributed by atoms with Gasteiger partial charge in [-0.25, -0.2) is 0 Å². The zero-order chi connectivity index (χ0) is 18.5. The van der Waals surface area contributed by atoms with Crippen molar-refractivity contribution in [2.45, 2.75) is 19.6 Å². The highest BCUT2D eigenvalue weighted by Gasteiger charge is 2.00. The van der Waals surface area contributed by atoms with Crippen LogP contribution in [0.1, 0.15) is 16.7 Å². The molecule has 0 amide bonds. The van der Waals surface area contributed by atoms with Gasteiger partial charge in [0.1, 0.15) is 5.75 Å². The molecule has 1 N–H and O–H groups in total. The molecule has 4 heteroatoms. The SMILES string of the molecule is COc1ccc2cc(CNCc3ccc(Cn4cccn4)cc3)ccc2c1. The van der Waals surface area contributed by atoms with Gasteiger partial charge in [0.25, 0.3) is 0 Å². The van der Waals surface area contributed by atoms with Crippen LogP contribution < -0.4 is 10.1 Å². The lowest BCUT2D eigenvalue weighted by atomic mass is 10.1. The van der Waals surface area contributed by atoms with Crippen molar-refractivity contribution in [2.24, 2.45) is 0 Å². The molecule has 1 heterocycles. The first-order valence-electron chi connectivity index (χ1n) is 9.13. The lowest BCUT2D eigenvalue weighted by Gasteiger charge is -2.08. The maximum absolute atomic E-state index is 5.29. The average Bonchev–Trinajstić information content (AvgIpc) is 3.22. The quantitative estimate of drug-likeness (QED) is 0.533. The number of hydrogen-bond acceptors (Lipinski definition) is 3. The first kappa shape index (κ1) is 17.3. The Labute approximate surface area is 159 Å². The van der Waals surface area contributed by atoms with Crippen molar-refractivity contribution >= 4 is 10.8 Å². The predicted octanol–water partition coefficient (Wildman–Crippen LogP) is 4.38. The van der Waals surface area contributed by atoms with E-state index in [2.05, 4.69) is 65.0 Å². The molecule has 0 spiro atoms. The summed E-state index contributed by atoms with van der Waals surface area (Å²) in [6.45, 7) is 2.50. The fourth-order valence-electron chi connectivity index (χ4n) is 3.20. The smallest absolute Gasteiger partial charge is 0.119 e. The number of methoxy groups -OCH3 is 1. The number of nitrogens with zero attached hydrogens (tertiary/aromatic N) is 2. The van der Waals surface area contributed by atoms with E-state index in [9.17, 15) is 0 Å². The number of fused-ring (bicyclic) bond motifs is 1. The molecule has 0 aliphatic carbocycles. The third-order valence-electron chi connectivity index (χ3n) is 4.70. The molecule has 0 unspecified atom stereocenters. The number of benzene rings is 3. The molecular weight excluding hydrogens is 334 g/mol. The largest absolute Gasteiger partial charge is 0.497 e. The monoisotopic (exact) mass is 357 g/mol. The minimum Gasteiger partial charge on any atom is -0.497 e. The van der Waals surface area contributed by atoms with Crippen molar-refractivity contribution in [3.8, 4) is 5.75 Å². The molecule has 0 aliphatic heterocycles. The van der Waals surface area contributed by atoms with E-state index < -0.39 is 0 Å². The van der Waals surface area contributed by atoms with Gasteiger partial charge in [0.05, 0.1) is 13.7 Å². The number of nitrogens with one attached hydrogen (secondary N) is 1. The van der Waals surface area contributed by atoms with Crippen LogP contribution in [0.15, 0.2) is 79.1 Å². The summed E-state index contributed by atoms with van der Waals surface area (Å²) in [5, 5.41) is 10.2. The number of hydrogen-bond donors (Lipinski definition) is 1. The Hall–Kier alpha value is -3.11. The molecule has 0 fully saturated rings. The lowest BCUT2D eigenvalue weighted by Crippen LogP contribution is -2.12. The van der Waals surface area contributed by atoms with Crippen LogP contribution in [0.25, 0.3) is 10.8 Å². The van der Waals surface area contributed by atoms with Gasteiger partial charge in [0, 0.05) is 25.5 Å². The molecule has 0 atom stereocenters. The zero-order valence-electron chi connectivity index (χ0n) is 15.4. The number of ether oxygens (including phenoxy) is 1. The van der Waals surface area contributed by atoms with Crippen molar-refractivity contribution in [1.29, 1.82) is 0 Å². The van der Waals surface area contributed by atoms with Gasteiger partial charge in [0.15, 0.2) is 0 Å². The van der Waals surface area contributed by atoms with E-state index >= 15 is 0 Å². The van der Waals surface area contributed by atoms with Crippen LogP contribution >= 0.6 is 0 Å². The summed E-state index contributed by atoms with van der Waals surface area (Å²) in [6.07, 6.45) is 3.79. The van der Waals surface area contributed by atoms with E-state index in [1.807, 2.05) is 29.2 Å². The highest BCUT2D eigenvalue weighted by Crippen LogP contribution is 2.21. The standard InChI is InChI=1S/C23H23N3O/c1-27-23-10-9-21-13-20(7-8-22(21)14-23)16-24-15-18-3-5-19(6-4-18)17-26-12-2-11-25-26/h2-14,24H,15-17H2,1H3. The second kappa shape index (κ2) is 8.06. The maximum Gasteiger partial charge on any atom is 0.119 e. The molecular formula is C23H23N3O. The first-order valence-corrected chi connectivity index (χ1v) is 9.13. The Bertz CT molecular complexity index is 1010. The summed E-state index contributed by atoms with van der Waals surface area (Å²) in [4.78, 5) is 0. The van der Waals surface area contributed by atoms with Gasteiger partial charge in [-0.2, -0.15) is 5.10 Å². The minimum atomic E-state index is 0.808. The average molecular weight is 357 g/mol. The van der Waals surface area contributed by atoms with Crippen LogP contribution in [0.2, 0.25) is 0 Å². The van der Waals surface area contributed by atoms with E-state index in [1.54, 1.807) is 7.11 Å². The van der Waals surface area contributed by atoms with Crippen molar-refractivity contribution in [2.75, 3.05) is 7.11 Å². The third kappa shape index (κ3) is 4.36. The van der Waals surface area contributed by atoms with Gasteiger partial charge < -0.3 is 10.1 Å². The van der Waals surface area contributed by atoms with Crippen molar-refractivity contribution in [3.05, 3.63) is 95.8 Å². The lowest BCUT2D eigenvalue weighted by molar-refractivity contribution is 0.415. The van der Waals surface area contributed by atoms with Crippen LogP contribution in [0.3, 0.4) is 0 Å². The summed E-state index contributed by atoms with van der Waals surface area (Å²) < 4.78 is 7.22. The number of aromatic nitrogens is 2. The molecule has 0 bridgehead atoms. The van der Waals surface area contributed by atoms with E-state index in [1.165, 1.54) is 27.5 Å². The molecule has 27 heavy (non-hydrogen) atoms. The van der Waals surface area contributed by atoms with Gasteiger partial charge in [-0.1, -0.05) is 42.5 Å². The molecule has 3 aromatic carbocycles. The number of rotatable bonds is 7. The third-order valence-corrected chi connectivity index (χ3v) is 4.70. The Morgan fingerprint density at radius 3 is 2.33 bits per heavy atom. The molecule has 0 saturated carbocycles. The summed E-state index contributed by atoms with van der Waals surface area (Å²) in [5.74, 6) is 0.893. The van der Waals surface area contributed by atoms with E-state index in [0.717, 1.165) is 25.4 Å². The summed E-state index contributed by atoms with van der Waals surface area (Å²) in [6, 6.07) is 23.4. The second-order valence-corrected chi connectivity index (χ2v) is 6.67. The van der Waals surface area contributed by atoms with Gasteiger partial charge in [-0.05, 0) is 51.7 Å². The van der Waals surface area contributed by atoms with Crippen LogP contribution in [0.5, 0.6) is 5.75 Å². The molecule has 0 aliphatic rings. The Morgan fingerprint density at radius 1 is 0.852 bits per heavy atom. The van der Waals surface area contributed by atoms with Gasteiger partial charge >= 0.3 is 0 Å². The second-order valence-electron chi connectivity index (χ2n) is 6.67. The highest BCUT2D eigenvalue weighted by atomic mass is 16.5. The normalized spacial score (nSPS) is 11.0. The summed E-state index contributed by atoms with van der Waals surface area (Å²) in [5.41, 5.74) is 3.82. The fraction of sp³-hybridized carbons (Fsp3) is 0.174. The highest BCUT2D eigenvalue weighted by molar-refractivity contribution is 5.84. The molecule has 136 valence electrons. The summed E-state index contributed by atoms with van der Waals surface area (Å²) in [7, 11) is 1.70. The first-order chi connectivity index (χ1) is 13.3. The van der Waals surface area contributed by atoms with Crippen LogP contribution in [-0.4, -0.2) is 16.9 Å². The molecule has 1 aromatic heterocycles. The molecule has 0 saturated heterocycles. The Balaban J connectivity index is 1.33. The van der Waals surface area contributed by atoms with Crippen molar-refractivity contribution in [1.82, 2.24) is 15.1 Å².